The quantitative estimate of drug-likeness (QED) is 0.217. The lowest BCUT2D eigenvalue weighted by atomic mass is 9.75. The average Bonchev–Trinajstić information content (AvgIpc) is 3.33. The lowest BCUT2D eigenvalue weighted by Crippen LogP contribution is -2.51. The summed E-state index contributed by atoms with van der Waals surface area (Å²) in [5.74, 6) is -0.223. The number of ether oxygens (including phenoxy) is 1. The summed E-state index contributed by atoms with van der Waals surface area (Å²) in [5.41, 5.74) is 0.779. The zero-order valence-electron chi connectivity index (χ0n) is 32.7. The van der Waals surface area contributed by atoms with Gasteiger partial charge >= 0.3 is 5.97 Å². The van der Waals surface area contributed by atoms with Crippen LogP contribution in [-0.2, 0) is 23.2 Å². The van der Waals surface area contributed by atoms with Gasteiger partial charge in [-0.15, -0.1) is 11.3 Å². The monoisotopic (exact) mass is 705 g/mol. The van der Waals surface area contributed by atoms with Crippen LogP contribution in [0.5, 0.6) is 0 Å². The van der Waals surface area contributed by atoms with E-state index in [1.165, 1.54) is 6.08 Å². The maximum Gasteiger partial charge on any atom is 0.334 e. The molecule has 6 nitrogen and oxygen atoms in total. The molecule has 1 aromatic rings. The van der Waals surface area contributed by atoms with E-state index in [0.29, 0.717) is 5.76 Å². The van der Waals surface area contributed by atoms with Gasteiger partial charge in [-0.3, -0.25) is 4.79 Å². The van der Waals surface area contributed by atoms with E-state index < -0.39 is 28.0 Å². The van der Waals surface area contributed by atoms with Gasteiger partial charge in [-0.2, -0.15) is 0 Å². The molecule has 1 aliphatic heterocycles. The van der Waals surface area contributed by atoms with Crippen molar-refractivity contribution in [2.24, 2.45) is 17.3 Å². The van der Waals surface area contributed by atoms with Crippen LogP contribution in [0.25, 0.3) is 6.08 Å². The molecule has 0 aromatic carbocycles. The van der Waals surface area contributed by atoms with Gasteiger partial charge in [0, 0.05) is 11.3 Å². The molecule has 9 heteroatoms. The molecule has 0 spiro atoms. The van der Waals surface area contributed by atoms with Crippen LogP contribution in [0.15, 0.2) is 22.8 Å². The van der Waals surface area contributed by atoms with Crippen molar-refractivity contribution < 1.29 is 23.2 Å². The topological polar surface area (TPSA) is 74.7 Å². The summed E-state index contributed by atoms with van der Waals surface area (Å²) in [5, 5.41) is 2.91. The first-order chi connectivity index (χ1) is 21.3. The van der Waals surface area contributed by atoms with Crippen molar-refractivity contribution in [2.75, 3.05) is 0 Å². The number of carbonyl (C=O) groups is 2. The number of cyclic esters (lactones) is 1. The minimum Gasteiger partial charge on any atom is -0.545 e. The molecule has 0 fully saturated rings. The fourth-order valence-corrected chi connectivity index (χ4v) is 8.79. The van der Waals surface area contributed by atoms with Gasteiger partial charge in [0.1, 0.15) is 6.10 Å². The molecule has 4 atom stereocenters. The zero-order chi connectivity index (χ0) is 36.2. The summed E-state index contributed by atoms with van der Waals surface area (Å²) in [7, 11) is -4.62. The van der Waals surface area contributed by atoms with E-state index >= 15 is 0 Å². The van der Waals surface area contributed by atoms with Crippen LogP contribution >= 0.6 is 11.3 Å². The van der Waals surface area contributed by atoms with Crippen molar-refractivity contribution in [3.63, 3.8) is 0 Å². The number of ketones is 1. The third-order valence-electron chi connectivity index (χ3n) is 11.0. The standard InChI is InChI=1S/C38H67NO5SSi2/c1-26-21-19-17-18-20-22-31(27(2)23-30-25-45-29(4)39-30)42-33(40)24-32(43-46(13,14)36(5,6)7)38(11,12)35(41)28(3)34(26)44-47(15,16)37(8,9)10/h23-26,28,31,34H,17-22H2,1-16H3. The van der Waals surface area contributed by atoms with Crippen molar-refractivity contribution in [3.05, 3.63) is 33.5 Å². The fraction of sp³-hybridized carbons (Fsp3) is 0.763. The molecule has 0 N–H and O–H groups in total. The van der Waals surface area contributed by atoms with E-state index in [2.05, 4.69) is 79.6 Å². The molecule has 4 unspecified atom stereocenters. The molecule has 0 saturated heterocycles. The van der Waals surface area contributed by atoms with E-state index in [1.54, 1.807) is 11.3 Å². The van der Waals surface area contributed by atoms with E-state index in [1.807, 2.05) is 46.1 Å². The SMILES string of the molecule is CC(=Cc1csc(C)n1)C1CCCCCCC(C)C(O[Si](C)(C)C(C)(C)C)C(C)C(=O)C(C)(C)C(O[Si](C)(C)C(C)(C)C)=CC(=O)O1. The number of nitrogens with zero attached hydrogens (tertiary/aromatic N) is 1. The van der Waals surface area contributed by atoms with Gasteiger partial charge in [-0.1, -0.05) is 74.7 Å². The minimum absolute atomic E-state index is 0.0158. The minimum atomic E-state index is -2.44. The van der Waals surface area contributed by atoms with Crippen LogP contribution in [0, 0.1) is 24.2 Å². The highest BCUT2D eigenvalue weighted by Gasteiger charge is 2.48. The number of Topliss-reactive ketones (excluding diaryl/α,β-unsaturated/α-hetero) is 1. The molecule has 47 heavy (non-hydrogen) atoms. The first kappa shape index (κ1) is 41.6. The van der Waals surface area contributed by atoms with Crippen LogP contribution in [0.4, 0.5) is 0 Å². The van der Waals surface area contributed by atoms with Gasteiger partial charge in [-0.05, 0) is 101 Å². The molecule has 0 saturated carbocycles. The maximum absolute atomic E-state index is 14.7. The maximum atomic E-state index is 14.7. The molecular weight excluding hydrogens is 639 g/mol. The van der Waals surface area contributed by atoms with Gasteiger partial charge in [0.15, 0.2) is 14.1 Å². The zero-order valence-corrected chi connectivity index (χ0v) is 35.5. The number of hydrogen-bond donors (Lipinski definition) is 0. The number of carbonyl (C=O) groups excluding carboxylic acids is 2. The molecule has 0 aliphatic carbocycles. The Labute approximate surface area is 293 Å². The Morgan fingerprint density at radius 2 is 1.51 bits per heavy atom. The Balaban J connectivity index is 2.66. The summed E-state index contributed by atoms with van der Waals surface area (Å²) in [6.45, 7) is 34.2. The van der Waals surface area contributed by atoms with E-state index in [9.17, 15) is 9.59 Å². The first-order valence-electron chi connectivity index (χ1n) is 17.7. The van der Waals surface area contributed by atoms with Gasteiger partial charge in [0.05, 0.1) is 34.1 Å². The number of thiazole rings is 1. The summed E-state index contributed by atoms with van der Waals surface area (Å²) in [6, 6.07) is 0. The second-order valence-electron chi connectivity index (χ2n) is 17.6. The number of hydrogen-bond acceptors (Lipinski definition) is 7. The average molecular weight is 706 g/mol. The van der Waals surface area contributed by atoms with E-state index in [0.717, 1.165) is 54.8 Å². The molecule has 1 aliphatic rings. The largest absolute Gasteiger partial charge is 0.545 e. The predicted octanol–water partition coefficient (Wildman–Crippen LogP) is 11.3. The molecule has 0 bridgehead atoms. The Kier molecular flexibility index (Phi) is 14.2. The normalized spacial score (nSPS) is 25.3. The van der Waals surface area contributed by atoms with Crippen LogP contribution in [0.2, 0.25) is 36.3 Å². The first-order valence-corrected chi connectivity index (χ1v) is 24.4. The van der Waals surface area contributed by atoms with Crippen molar-refractivity contribution in [1.82, 2.24) is 4.98 Å². The van der Waals surface area contributed by atoms with Crippen LogP contribution in [0.1, 0.15) is 125 Å². The highest BCUT2D eigenvalue weighted by Crippen LogP contribution is 2.44. The second kappa shape index (κ2) is 16.0. The summed E-state index contributed by atoms with van der Waals surface area (Å²) in [4.78, 5) is 33.2. The predicted molar refractivity (Wildman–Crippen MR) is 204 cm³/mol. The van der Waals surface area contributed by atoms with Gasteiger partial charge in [0.2, 0.25) is 8.32 Å². The van der Waals surface area contributed by atoms with Crippen molar-refractivity contribution in [2.45, 2.75) is 170 Å². The molecule has 2 rings (SSSR count). The second-order valence-corrected chi connectivity index (χ2v) is 28.1. The van der Waals surface area contributed by atoms with Crippen molar-refractivity contribution in [3.8, 4) is 0 Å². The Hall–Kier alpha value is -1.56. The van der Waals surface area contributed by atoms with Crippen LogP contribution in [0.3, 0.4) is 0 Å². The number of aryl methyl sites for hydroxylation is 1. The highest BCUT2D eigenvalue weighted by molar-refractivity contribution is 7.09. The van der Waals surface area contributed by atoms with Crippen LogP contribution in [-0.4, -0.2) is 45.6 Å². The molecule has 0 radical (unpaired) electrons. The smallest absolute Gasteiger partial charge is 0.334 e. The molecular formula is C38H67NO5SSi2. The molecule has 1 aromatic heterocycles. The van der Waals surface area contributed by atoms with E-state index in [-0.39, 0.29) is 39.9 Å². The number of allylic oxidation sites excluding steroid dienone is 1. The van der Waals surface area contributed by atoms with Gasteiger partial charge in [-0.25, -0.2) is 9.78 Å². The molecule has 268 valence electrons. The third-order valence-corrected chi connectivity index (χ3v) is 20.6. The van der Waals surface area contributed by atoms with Gasteiger partial charge in [0.25, 0.3) is 0 Å². The lowest BCUT2D eigenvalue weighted by molar-refractivity contribution is -0.142. The summed E-state index contributed by atoms with van der Waals surface area (Å²) < 4.78 is 20.2. The van der Waals surface area contributed by atoms with Crippen molar-refractivity contribution >= 4 is 45.8 Å². The third kappa shape index (κ3) is 11.2. The van der Waals surface area contributed by atoms with Crippen molar-refractivity contribution in [1.29, 1.82) is 0 Å². The summed E-state index contributed by atoms with van der Waals surface area (Å²) >= 11 is 1.61. The lowest BCUT2D eigenvalue weighted by Gasteiger charge is -2.45. The summed E-state index contributed by atoms with van der Waals surface area (Å²) in [6.07, 6.45) is 8.78. The Bertz CT molecular complexity index is 1280. The Morgan fingerprint density at radius 3 is 2.02 bits per heavy atom. The number of rotatable bonds is 6. The fourth-order valence-electron chi connectivity index (χ4n) is 5.58. The highest BCUT2D eigenvalue weighted by atomic mass is 32.1. The Morgan fingerprint density at radius 1 is 0.957 bits per heavy atom. The molecule has 0 amide bonds. The number of esters is 1. The van der Waals surface area contributed by atoms with Crippen LogP contribution < -0.4 is 0 Å². The van der Waals surface area contributed by atoms with E-state index in [4.69, 9.17) is 13.6 Å². The van der Waals surface area contributed by atoms with Gasteiger partial charge < -0.3 is 13.6 Å². The number of aromatic nitrogens is 1. The molecule has 2 heterocycles.